The normalized spacial score (nSPS) is 20.5. The summed E-state index contributed by atoms with van der Waals surface area (Å²) in [4.78, 5) is 26.3. The van der Waals surface area contributed by atoms with Crippen molar-refractivity contribution in [3.63, 3.8) is 0 Å². The predicted octanol–water partition coefficient (Wildman–Crippen LogP) is 3.37. The maximum atomic E-state index is 13.1. The van der Waals surface area contributed by atoms with Crippen LogP contribution >= 0.6 is 0 Å². The predicted molar refractivity (Wildman–Crippen MR) is 114 cm³/mol. The number of aryl methyl sites for hydroxylation is 2. The highest BCUT2D eigenvalue weighted by Gasteiger charge is 2.45. The SMILES string of the molecule is COc1ccc(C)cc1NC(=O)N1CCCC2(CCc3cnc(N(C)C)nc32)C1. The molecule has 1 aromatic carbocycles. The number of benzene rings is 1. The van der Waals surface area contributed by atoms with Gasteiger partial charge in [0.2, 0.25) is 5.95 Å². The number of nitrogens with one attached hydrogen (secondary N) is 1. The van der Waals surface area contributed by atoms with E-state index in [1.165, 1.54) is 5.56 Å². The number of aromatic nitrogens is 2. The second-order valence-electron chi connectivity index (χ2n) is 8.38. The third-order valence-corrected chi connectivity index (χ3v) is 6.09. The van der Waals surface area contributed by atoms with Gasteiger partial charge in [-0.15, -0.1) is 0 Å². The van der Waals surface area contributed by atoms with Gasteiger partial charge in [-0.2, -0.15) is 0 Å². The molecule has 2 aliphatic rings. The Morgan fingerprint density at radius 1 is 1.31 bits per heavy atom. The summed E-state index contributed by atoms with van der Waals surface area (Å²) in [6, 6.07) is 5.72. The zero-order valence-electron chi connectivity index (χ0n) is 17.7. The van der Waals surface area contributed by atoms with Gasteiger partial charge >= 0.3 is 6.03 Å². The number of ether oxygens (including phenoxy) is 1. The lowest BCUT2D eigenvalue weighted by atomic mass is 9.77. The van der Waals surface area contributed by atoms with Crippen LogP contribution in [0.1, 0.15) is 36.1 Å². The molecule has 1 atom stereocenters. The maximum Gasteiger partial charge on any atom is 0.321 e. The first-order valence-electron chi connectivity index (χ1n) is 10.2. The van der Waals surface area contributed by atoms with E-state index in [1.807, 2.05) is 55.2 Å². The first-order valence-corrected chi connectivity index (χ1v) is 10.2. The molecule has 2 aromatic rings. The van der Waals surface area contributed by atoms with Crippen molar-refractivity contribution in [2.75, 3.05) is 44.5 Å². The Kier molecular flexibility index (Phi) is 5.06. The molecule has 154 valence electrons. The Hall–Kier alpha value is -2.83. The molecule has 1 unspecified atom stereocenters. The first kappa shape index (κ1) is 19.5. The summed E-state index contributed by atoms with van der Waals surface area (Å²) >= 11 is 0. The summed E-state index contributed by atoms with van der Waals surface area (Å²) in [6.07, 6.45) is 5.99. The quantitative estimate of drug-likeness (QED) is 0.863. The summed E-state index contributed by atoms with van der Waals surface area (Å²) < 4.78 is 5.41. The van der Waals surface area contributed by atoms with Crippen LogP contribution in [0.4, 0.5) is 16.4 Å². The summed E-state index contributed by atoms with van der Waals surface area (Å²) in [5.74, 6) is 1.40. The van der Waals surface area contributed by atoms with Crippen LogP contribution in [0.5, 0.6) is 5.75 Å². The van der Waals surface area contributed by atoms with Gasteiger partial charge in [-0.05, 0) is 55.9 Å². The Labute approximate surface area is 172 Å². The van der Waals surface area contributed by atoms with Gasteiger partial charge in [0.05, 0.1) is 18.5 Å². The van der Waals surface area contributed by atoms with Crippen molar-refractivity contribution in [1.82, 2.24) is 14.9 Å². The molecular formula is C22H29N5O2. The van der Waals surface area contributed by atoms with Gasteiger partial charge in [-0.25, -0.2) is 14.8 Å². The van der Waals surface area contributed by atoms with Gasteiger partial charge in [0, 0.05) is 38.8 Å². The van der Waals surface area contributed by atoms with Crippen LogP contribution in [0, 0.1) is 6.92 Å². The van der Waals surface area contributed by atoms with E-state index < -0.39 is 0 Å². The fraction of sp³-hybridized carbons (Fsp3) is 0.500. The standard InChI is InChI=1S/C22H29N5O2/c1-15-6-7-18(29-4)17(12-15)24-21(28)27-11-5-9-22(14-27)10-8-16-13-23-20(26(2)3)25-19(16)22/h6-7,12-13H,5,8-11,14H2,1-4H3,(H,24,28). The Morgan fingerprint density at radius 3 is 2.90 bits per heavy atom. The molecule has 1 fully saturated rings. The third kappa shape index (κ3) is 3.61. The number of hydrogen-bond acceptors (Lipinski definition) is 5. The lowest BCUT2D eigenvalue weighted by Crippen LogP contribution is -2.49. The number of fused-ring (bicyclic) bond motifs is 2. The van der Waals surface area contributed by atoms with Crippen LogP contribution in [-0.4, -0.2) is 55.2 Å². The van der Waals surface area contributed by atoms with Crippen molar-refractivity contribution >= 4 is 17.7 Å². The minimum atomic E-state index is -0.0803. The number of rotatable bonds is 3. The molecule has 29 heavy (non-hydrogen) atoms. The van der Waals surface area contributed by atoms with Gasteiger partial charge in [-0.3, -0.25) is 0 Å². The molecule has 4 rings (SSSR count). The van der Waals surface area contributed by atoms with Gasteiger partial charge < -0.3 is 19.9 Å². The Morgan fingerprint density at radius 2 is 2.14 bits per heavy atom. The number of amides is 2. The number of hydrogen-bond donors (Lipinski definition) is 1. The second-order valence-corrected chi connectivity index (χ2v) is 8.38. The number of carbonyl (C=O) groups is 1. The van der Waals surface area contributed by atoms with Crippen LogP contribution in [0.2, 0.25) is 0 Å². The van der Waals surface area contributed by atoms with E-state index in [1.54, 1.807) is 7.11 Å². The van der Waals surface area contributed by atoms with Crippen LogP contribution < -0.4 is 15.0 Å². The molecule has 1 N–H and O–H groups in total. The highest BCUT2D eigenvalue weighted by atomic mass is 16.5. The first-order chi connectivity index (χ1) is 13.9. The molecule has 1 saturated heterocycles. The minimum Gasteiger partial charge on any atom is -0.495 e. The molecule has 1 aromatic heterocycles. The zero-order chi connectivity index (χ0) is 20.6. The van der Waals surface area contributed by atoms with E-state index in [-0.39, 0.29) is 11.4 Å². The van der Waals surface area contributed by atoms with Crippen molar-refractivity contribution in [3.05, 3.63) is 41.2 Å². The molecule has 0 saturated carbocycles. The van der Waals surface area contributed by atoms with Crippen molar-refractivity contribution < 1.29 is 9.53 Å². The molecule has 0 bridgehead atoms. The molecule has 2 amide bonds. The van der Waals surface area contributed by atoms with E-state index >= 15 is 0 Å². The van der Waals surface area contributed by atoms with Crippen LogP contribution in [0.15, 0.2) is 24.4 Å². The molecule has 7 heteroatoms. The number of piperidine rings is 1. The van der Waals surface area contributed by atoms with Crippen LogP contribution in [-0.2, 0) is 11.8 Å². The molecule has 2 heterocycles. The molecule has 0 radical (unpaired) electrons. The fourth-order valence-electron chi connectivity index (χ4n) is 4.56. The minimum absolute atomic E-state index is 0.0741. The number of carbonyl (C=O) groups excluding carboxylic acids is 1. The topological polar surface area (TPSA) is 70.6 Å². The molecule has 1 aliphatic carbocycles. The monoisotopic (exact) mass is 395 g/mol. The van der Waals surface area contributed by atoms with E-state index in [9.17, 15) is 4.79 Å². The third-order valence-electron chi connectivity index (χ3n) is 6.09. The van der Waals surface area contributed by atoms with Crippen molar-refractivity contribution in [1.29, 1.82) is 0 Å². The number of nitrogens with zero attached hydrogens (tertiary/aromatic N) is 4. The number of likely N-dealkylation sites (tertiary alicyclic amines) is 1. The molecular weight excluding hydrogens is 366 g/mol. The van der Waals surface area contributed by atoms with Crippen molar-refractivity contribution in [2.24, 2.45) is 0 Å². The Balaban J connectivity index is 1.56. The van der Waals surface area contributed by atoms with Gasteiger partial charge in [0.1, 0.15) is 5.75 Å². The van der Waals surface area contributed by atoms with Crippen molar-refractivity contribution in [2.45, 2.75) is 38.0 Å². The lowest BCUT2D eigenvalue weighted by Gasteiger charge is -2.40. The average molecular weight is 396 g/mol. The van der Waals surface area contributed by atoms with Gasteiger partial charge in [0.15, 0.2) is 0 Å². The molecule has 1 aliphatic heterocycles. The smallest absolute Gasteiger partial charge is 0.321 e. The summed E-state index contributed by atoms with van der Waals surface area (Å²) in [5, 5.41) is 3.05. The average Bonchev–Trinajstić information content (AvgIpc) is 3.05. The maximum absolute atomic E-state index is 13.1. The number of urea groups is 1. The van der Waals surface area contributed by atoms with Crippen LogP contribution in [0.25, 0.3) is 0 Å². The van der Waals surface area contributed by atoms with E-state index in [2.05, 4.69) is 10.3 Å². The lowest BCUT2D eigenvalue weighted by molar-refractivity contribution is 0.157. The van der Waals surface area contributed by atoms with Crippen molar-refractivity contribution in [3.8, 4) is 5.75 Å². The molecule has 1 spiro atoms. The fourth-order valence-corrected chi connectivity index (χ4v) is 4.56. The highest BCUT2D eigenvalue weighted by Crippen LogP contribution is 2.44. The summed E-state index contributed by atoms with van der Waals surface area (Å²) in [7, 11) is 5.53. The van der Waals surface area contributed by atoms with Gasteiger partial charge in [-0.1, -0.05) is 6.07 Å². The summed E-state index contributed by atoms with van der Waals surface area (Å²) in [6.45, 7) is 3.44. The highest BCUT2D eigenvalue weighted by molar-refractivity contribution is 5.91. The van der Waals surface area contributed by atoms with Gasteiger partial charge in [0.25, 0.3) is 0 Å². The molecule has 7 nitrogen and oxygen atoms in total. The van der Waals surface area contributed by atoms with E-state index in [4.69, 9.17) is 9.72 Å². The van der Waals surface area contributed by atoms with E-state index in [0.717, 1.165) is 49.4 Å². The Bertz CT molecular complexity index is 925. The van der Waals surface area contributed by atoms with Crippen LogP contribution in [0.3, 0.4) is 0 Å². The number of anilines is 2. The summed E-state index contributed by atoms with van der Waals surface area (Å²) in [5.41, 5.74) is 4.06. The zero-order valence-corrected chi connectivity index (χ0v) is 17.7. The van der Waals surface area contributed by atoms with E-state index in [0.29, 0.717) is 18.0 Å². The second kappa shape index (κ2) is 7.54. The largest absolute Gasteiger partial charge is 0.495 e. The number of methoxy groups -OCH3 is 1.